The smallest absolute Gasteiger partial charge is 0.313 e. The van der Waals surface area contributed by atoms with Crippen molar-refractivity contribution in [3.63, 3.8) is 0 Å². The summed E-state index contributed by atoms with van der Waals surface area (Å²) in [6, 6.07) is 11.5. The van der Waals surface area contributed by atoms with Gasteiger partial charge in [-0.2, -0.15) is 0 Å². The molecule has 10 nitrogen and oxygen atoms in total. The van der Waals surface area contributed by atoms with Crippen molar-refractivity contribution in [2.45, 2.75) is 49.5 Å². The number of carbonyl (C=O) groups is 2. The molecule has 33 heavy (non-hydrogen) atoms. The highest BCUT2D eigenvalue weighted by Gasteiger charge is 2.21. The van der Waals surface area contributed by atoms with Gasteiger partial charge in [-0.3, -0.25) is 19.7 Å². The number of carbonyl (C=O) groups excluding carboxylic acids is 2. The Morgan fingerprint density at radius 3 is 2.18 bits per heavy atom. The van der Waals surface area contributed by atoms with E-state index in [9.17, 15) is 28.1 Å². The van der Waals surface area contributed by atoms with Crippen molar-refractivity contribution in [3.8, 4) is 0 Å². The predicted molar refractivity (Wildman–Crippen MR) is 122 cm³/mol. The number of benzene rings is 2. The molecule has 0 aromatic heterocycles. The third kappa shape index (κ3) is 7.09. The van der Waals surface area contributed by atoms with Crippen molar-refractivity contribution in [2.75, 3.05) is 11.9 Å². The van der Waals surface area contributed by atoms with Crippen LogP contribution in [-0.4, -0.2) is 37.7 Å². The van der Waals surface area contributed by atoms with Crippen LogP contribution in [0.3, 0.4) is 0 Å². The first kappa shape index (κ1) is 24.3. The maximum absolute atomic E-state index is 12.5. The van der Waals surface area contributed by atoms with Crippen LogP contribution in [0.5, 0.6) is 0 Å². The molecule has 0 heterocycles. The number of hydrogen-bond acceptors (Lipinski definition) is 6. The third-order valence-electron chi connectivity index (χ3n) is 5.40. The highest BCUT2D eigenvalue weighted by molar-refractivity contribution is 7.89. The summed E-state index contributed by atoms with van der Waals surface area (Å²) < 4.78 is 27.9. The van der Waals surface area contributed by atoms with Gasteiger partial charge in [0, 0.05) is 30.4 Å². The quantitative estimate of drug-likeness (QED) is 0.304. The summed E-state index contributed by atoms with van der Waals surface area (Å²) in [7, 11) is -3.57. The summed E-state index contributed by atoms with van der Waals surface area (Å²) in [4.78, 5) is 34.2. The fraction of sp³-hybridized carbons (Fsp3) is 0.364. The molecule has 0 saturated heterocycles. The van der Waals surface area contributed by atoms with Crippen LogP contribution in [0.15, 0.2) is 53.4 Å². The molecule has 1 saturated carbocycles. The van der Waals surface area contributed by atoms with Gasteiger partial charge >= 0.3 is 11.8 Å². The van der Waals surface area contributed by atoms with E-state index >= 15 is 0 Å². The van der Waals surface area contributed by atoms with Crippen molar-refractivity contribution in [2.24, 2.45) is 0 Å². The van der Waals surface area contributed by atoms with Gasteiger partial charge in [0.05, 0.1) is 9.82 Å². The van der Waals surface area contributed by atoms with E-state index in [4.69, 9.17) is 0 Å². The first-order valence-electron chi connectivity index (χ1n) is 10.7. The molecule has 0 spiro atoms. The molecule has 3 rings (SSSR count). The minimum absolute atomic E-state index is 0.0178. The number of nitro benzene ring substituents is 1. The molecule has 0 aliphatic heterocycles. The Balaban J connectivity index is 1.45. The van der Waals surface area contributed by atoms with Crippen molar-refractivity contribution < 1.29 is 22.9 Å². The van der Waals surface area contributed by atoms with Crippen LogP contribution < -0.4 is 15.4 Å². The number of non-ortho nitro benzene ring substituents is 1. The standard InChI is InChI=1S/C22H26N4O6S/c27-21(22(28)24-17-8-10-19(11-9-17)26(29)30)23-15-14-16-6-12-20(13-7-16)33(31,32)25-18-4-2-1-3-5-18/h6-13,18,25H,1-5,14-15H2,(H,23,27)(H,24,28). The summed E-state index contributed by atoms with van der Waals surface area (Å²) in [5, 5.41) is 15.5. The second-order valence-electron chi connectivity index (χ2n) is 7.86. The van der Waals surface area contributed by atoms with E-state index in [1.54, 1.807) is 12.1 Å². The molecule has 2 amide bonds. The summed E-state index contributed by atoms with van der Waals surface area (Å²) in [6.07, 6.45) is 5.33. The van der Waals surface area contributed by atoms with Gasteiger partial charge in [-0.1, -0.05) is 31.4 Å². The lowest BCUT2D eigenvalue weighted by molar-refractivity contribution is -0.384. The molecular weight excluding hydrogens is 448 g/mol. The van der Waals surface area contributed by atoms with Crippen LogP contribution >= 0.6 is 0 Å². The predicted octanol–water partition coefficient (Wildman–Crippen LogP) is 2.50. The monoisotopic (exact) mass is 474 g/mol. The summed E-state index contributed by atoms with van der Waals surface area (Å²) >= 11 is 0. The first-order chi connectivity index (χ1) is 15.7. The molecule has 0 bridgehead atoms. The topological polar surface area (TPSA) is 148 Å². The number of anilines is 1. The van der Waals surface area contributed by atoms with E-state index in [1.165, 1.54) is 36.4 Å². The van der Waals surface area contributed by atoms with Crippen LogP contribution in [0.4, 0.5) is 11.4 Å². The summed E-state index contributed by atoms with van der Waals surface area (Å²) in [6.45, 7) is 0.179. The fourth-order valence-electron chi connectivity index (χ4n) is 3.60. The average molecular weight is 475 g/mol. The largest absolute Gasteiger partial charge is 0.347 e. The second kappa shape index (κ2) is 11.0. The number of nitrogens with one attached hydrogen (secondary N) is 3. The Labute approximate surface area is 192 Å². The lowest BCUT2D eigenvalue weighted by Gasteiger charge is -2.22. The Kier molecular flexibility index (Phi) is 8.12. The summed E-state index contributed by atoms with van der Waals surface area (Å²) in [5.41, 5.74) is 0.947. The SMILES string of the molecule is O=C(NCCc1ccc(S(=O)(=O)NC2CCCCC2)cc1)C(=O)Nc1ccc([N+](=O)[O-])cc1. The van der Waals surface area contributed by atoms with Gasteiger partial charge in [-0.25, -0.2) is 13.1 Å². The van der Waals surface area contributed by atoms with E-state index in [0.29, 0.717) is 6.42 Å². The number of nitro groups is 1. The molecule has 1 fully saturated rings. The van der Waals surface area contributed by atoms with E-state index in [0.717, 1.165) is 37.7 Å². The zero-order valence-electron chi connectivity index (χ0n) is 18.0. The average Bonchev–Trinajstić information content (AvgIpc) is 2.80. The van der Waals surface area contributed by atoms with E-state index in [-0.39, 0.29) is 28.9 Å². The molecule has 2 aromatic rings. The van der Waals surface area contributed by atoms with Gasteiger partial charge in [-0.05, 0) is 49.1 Å². The molecule has 11 heteroatoms. The van der Waals surface area contributed by atoms with Gasteiger partial charge in [0.2, 0.25) is 10.0 Å². The van der Waals surface area contributed by atoms with Crippen LogP contribution in [0, 0.1) is 10.1 Å². The normalized spacial score (nSPS) is 14.4. The minimum Gasteiger partial charge on any atom is -0.347 e. The number of sulfonamides is 1. The number of rotatable bonds is 8. The highest BCUT2D eigenvalue weighted by atomic mass is 32.2. The Hall–Kier alpha value is -3.31. The summed E-state index contributed by atoms with van der Waals surface area (Å²) in [5.74, 6) is -1.73. The van der Waals surface area contributed by atoms with E-state index in [1.807, 2.05) is 0 Å². The highest BCUT2D eigenvalue weighted by Crippen LogP contribution is 2.20. The van der Waals surface area contributed by atoms with Crippen molar-refractivity contribution in [1.29, 1.82) is 0 Å². The minimum atomic E-state index is -3.57. The van der Waals surface area contributed by atoms with E-state index < -0.39 is 26.8 Å². The molecule has 0 atom stereocenters. The molecule has 0 unspecified atom stereocenters. The Morgan fingerprint density at radius 2 is 1.58 bits per heavy atom. The first-order valence-corrected chi connectivity index (χ1v) is 12.2. The van der Waals surface area contributed by atoms with Gasteiger partial charge in [0.1, 0.15) is 0 Å². The maximum Gasteiger partial charge on any atom is 0.313 e. The number of amides is 2. The zero-order chi connectivity index (χ0) is 23.8. The second-order valence-corrected chi connectivity index (χ2v) is 9.58. The molecule has 176 valence electrons. The van der Waals surface area contributed by atoms with Crippen LogP contribution in [-0.2, 0) is 26.0 Å². The zero-order valence-corrected chi connectivity index (χ0v) is 18.8. The molecule has 2 aromatic carbocycles. The number of nitrogens with zero attached hydrogens (tertiary/aromatic N) is 1. The van der Waals surface area contributed by atoms with Crippen LogP contribution in [0.1, 0.15) is 37.7 Å². The third-order valence-corrected chi connectivity index (χ3v) is 6.94. The molecule has 1 aliphatic rings. The van der Waals surface area contributed by atoms with E-state index in [2.05, 4.69) is 15.4 Å². The Bertz CT molecular complexity index is 1090. The van der Waals surface area contributed by atoms with Crippen LogP contribution in [0.2, 0.25) is 0 Å². The van der Waals surface area contributed by atoms with Gasteiger partial charge < -0.3 is 10.6 Å². The van der Waals surface area contributed by atoms with Gasteiger partial charge in [0.25, 0.3) is 5.69 Å². The lowest BCUT2D eigenvalue weighted by atomic mass is 9.96. The number of hydrogen-bond donors (Lipinski definition) is 3. The lowest BCUT2D eigenvalue weighted by Crippen LogP contribution is -2.36. The van der Waals surface area contributed by atoms with Gasteiger partial charge in [-0.15, -0.1) is 0 Å². The Morgan fingerprint density at radius 1 is 0.939 bits per heavy atom. The van der Waals surface area contributed by atoms with Crippen LogP contribution in [0.25, 0.3) is 0 Å². The molecule has 3 N–H and O–H groups in total. The molecule has 1 aliphatic carbocycles. The van der Waals surface area contributed by atoms with Crippen molar-refractivity contribution in [1.82, 2.24) is 10.0 Å². The van der Waals surface area contributed by atoms with Crippen molar-refractivity contribution >= 4 is 33.2 Å². The molecule has 0 radical (unpaired) electrons. The van der Waals surface area contributed by atoms with Crippen molar-refractivity contribution in [3.05, 3.63) is 64.2 Å². The van der Waals surface area contributed by atoms with Gasteiger partial charge in [0.15, 0.2) is 0 Å². The molecular formula is C22H26N4O6S. The fourth-order valence-corrected chi connectivity index (χ4v) is 4.90. The maximum atomic E-state index is 12.5.